The number of para-hydroxylation sites is 2. The Hall–Kier alpha value is -2.60. The van der Waals surface area contributed by atoms with Crippen LogP contribution in [0.5, 0.6) is 0 Å². The molecular weight excluding hydrogens is 358 g/mol. The number of thioether (sulfide) groups is 1. The summed E-state index contributed by atoms with van der Waals surface area (Å²) in [6.07, 6.45) is 0. The summed E-state index contributed by atoms with van der Waals surface area (Å²) in [6, 6.07) is 15.2. The quantitative estimate of drug-likeness (QED) is 0.696. The van der Waals surface area contributed by atoms with E-state index in [1.165, 1.54) is 11.8 Å². The van der Waals surface area contributed by atoms with Crippen molar-refractivity contribution in [1.29, 1.82) is 0 Å². The van der Waals surface area contributed by atoms with E-state index in [1.54, 1.807) is 12.1 Å². The van der Waals surface area contributed by atoms with Crippen molar-refractivity contribution in [2.75, 3.05) is 5.75 Å². The molecule has 0 bridgehead atoms. The van der Waals surface area contributed by atoms with Crippen LogP contribution in [-0.2, 0) is 17.3 Å². The average Bonchev–Trinajstić information content (AvgIpc) is 2.95. The molecule has 0 fully saturated rings. The van der Waals surface area contributed by atoms with Gasteiger partial charge in [0.25, 0.3) is 5.91 Å². The van der Waals surface area contributed by atoms with Gasteiger partial charge >= 0.3 is 0 Å². The lowest BCUT2D eigenvalue weighted by atomic mass is 9.87. The third kappa shape index (κ3) is 4.39. The number of hydrogen-bond donors (Lipinski definition) is 1. The topological polar surface area (TPSA) is 64.0 Å². The molecular formula is C21H23N3O2S. The van der Waals surface area contributed by atoms with Crippen molar-refractivity contribution in [1.82, 2.24) is 14.9 Å². The number of carbonyl (C=O) groups excluding carboxylic acids is 2. The molecule has 0 spiro atoms. The molecule has 0 aliphatic rings. The third-order valence-corrected chi connectivity index (χ3v) is 5.37. The van der Waals surface area contributed by atoms with Crippen LogP contribution < -0.4 is 5.32 Å². The molecule has 0 saturated heterocycles. The highest BCUT2D eigenvalue weighted by Gasteiger charge is 2.16. The van der Waals surface area contributed by atoms with Gasteiger partial charge < -0.3 is 4.57 Å². The molecule has 1 N–H and O–H groups in total. The molecule has 2 amide bonds. The second-order valence-corrected chi connectivity index (χ2v) is 8.38. The van der Waals surface area contributed by atoms with Gasteiger partial charge in [-0.15, -0.1) is 0 Å². The Bertz CT molecular complexity index is 985. The molecule has 0 aliphatic carbocycles. The number of nitrogens with one attached hydrogen (secondary N) is 1. The van der Waals surface area contributed by atoms with E-state index >= 15 is 0 Å². The number of imide groups is 1. The maximum absolute atomic E-state index is 12.3. The van der Waals surface area contributed by atoms with E-state index in [2.05, 4.69) is 31.1 Å². The van der Waals surface area contributed by atoms with Gasteiger partial charge in [-0.05, 0) is 35.2 Å². The van der Waals surface area contributed by atoms with Gasteiger partial charge in [0.1, 0.15) is 0 Å². The number of nitrogens with zero attached hydrogens (tertiary/aromatic N) is 2. The molecule has 3 rings (SSSR count). The van der Waals surface area contributed by atoms with Crippen molar-refractivity contribution in [3.63, 3.8) is 0 Å². The number of rotatable bonds is 4. The first-order chi connectivity index (χ1) is 12.8. The Balaban J connectivity index is 1.60. The van der Waals surface area contributed by atoms with Crippen LogP contribution in [0.2, 0.25) is 0 Å². The van der Waals surface area contributed by atoms with Gasteiger partial charge in [0.05, 0.1) is 16.8 Å². The molecule has 5 nitrogen and oxygen atoms in total. The Morgan fingerprint density at radius 1 is 1.07 bits per heavy atom. The number of carbonyl (C=O) groups is 2. The molecule has 0 unspecified atom stereocenters. The van der Waals surface area contributed by atoms with E-state index in [0.717, 1.165) is 21.8 Å². The van der Waals surface area contributed by atoms with Crippen molar-refractivity contribution in [2.45, 2.75) is 31.3 Å². The second kappa shape index (κ2) is 7.56. The van der Waals surface area contributed by atoms with Crippen LogP contribution in [0.4, 0.5) is 0 Å². The van der Waals surface area contributed by atoms with Crippen molar-refractivity contribution in [2.24, 2.45) is 7.05 Å². The number of aryl methyl sites for hydroxylation is 1. The lowest BCUT2D eigenvalue weighted by Crippen LogP contribution is -2.32. The van der Waals surface area contributed by atoms with Crippen LogP contribution >= 0.6 is 11.8 Å². The van der Waals surface area contributed by atoms with Crippen LogP contribution in [0.3, 0.4) is 0 Å². The fourth-order valence-corrected chi connectivity index (χ4v) is 3.53. The minimum atomic E-state index is -0.383. The number of hydrogen-bond acceptors (Lipinski definition) is 4. The summed E-state index contributed by atoms with van der Waals surface area (Å²) in [5, 5.41) is 3.19. The van der Waals surface area contributed by atoms with Gasteiger partial charge in [-0.3, -0.25) is 14.9 Å². The van der Waals surface area contributed by atoms with Crippen LogP contribution in [-0.4, -0.2) is 27.1 Å². The number of benzene rings is 2. The average molecular weight is 382 g/mol. The largest absolute Gasteiger partial charge is 0.322 e. The third-order valence-electron chi connectivity index (χ3n) is 4.34. The highest BCUT2D eigenvalue weighted by Crippen LogP contribution is 2.23. The number of amides is 2. The van der Waals surface area contributed by atoms with E-state index in [0.29, 0.717) is 5.56 Å². The highest BCUT2D eigenvalue weighted by atomic mass is 32.2. The van der Waals surface area contributed by atoms with Gasteiger partial charge in [0, 0.05) is 12.6 Å². The molecule has 0 atom stereocenters. The number of fused-ring (bicyclic) bond motifs is 1. The molecule has 1 heterocycles. The summed E-state index contributed by atoms with van der Waals surface area (Å²) in [6.45, 7) is 6.34. The van der Waals surface area contributed by atoms with Crippen molar-refractivity contribution in [3.05, 3.63) is 59.7 Å². The molecule has 6 heteroatoms. The summed E-state index contributed by atoms with van der Waals surface area (Å²) in [5.41, 5.74) is 3.53. The first-order valence-electron chi connectivity index (χ1n) is 8.74. The zero-order valence-corrected chi connectivity index (χ0v) is 16.8. The van der Waals surface area contributed by atoms with Crippen molar-refractivity contribution in [3.8, 4) is 0 Å². The Labute approximate surface area is 163 Å². The fraction of sp³-hybridized carbons (Fsp3) is 0.286. The summed E-state index contributed by atoms with van der Waals surface area (Å²) in [4.78, 5) is 29.0. The van der Waals surface area contributed by atoms with Gasteiger partial charge in [-0.2, -0.15) is 0 Å². The highest BCUT2D eigenvalue weighted by molar-refractivity contribution is 7.99. The van der Waals surface area contributed by atoms with Gasteiger partial charge in [-0.1, -0.05) is 56.8 Å². The SMILES string of the molecule is Cn1c(SCC(=O)NC(=O)c2ccc(C(C)(C)C)cc2)nc2ccccc21. The van der Waals surface area contributed by atoms with E-state index in [9.17, 15) is 9.59 Å². The van der Waals surface area contributed by atoms with Crippen molar-refractivity contribution >= 4 is 34.6 Å². The first kappa shape index (κ1) is 19.2. The lowest BCUT2D eigenvalue weighted by molar-refractivity contribution is -0.117. The van der Waals surface area contributed by atoms with E-state index in [-0.39, 0.29) is 23.0 Å². The lowest BCUT2D eigenvalue weighted by Gasteiger charge is -2.18. The standard InChI is InChI=1S/C21H23N3O2S/c1-21(2,3)15-11-9-14(10-12-15)19(26)23-18(25)13-27-20-22-16-7-5-6-8-17(16)24(20)4/h5-12H,13H2,1-4H3,(H,23,25,26). The van der Waals surface area contributed by atoms with Gasteiger partial charge in [0.15, 0.2) is 5.16 Å². The second-order valence-electron chi connectivity index (χ2n) is 7.44. The van der Waals surface area contributed by atoms with Crippen LogP contribution in [0, 0.1) is 0 Å². The Morgan fingerprint density at radius 3 is 2.37 bits per heavy atom. The van der Waals surface area contributed by atoms with E-state index in [1.807, 2.05) is 48.0 Å². The normalized spacial score (nSPS) is 11.6. The smallest absolute Gasteiger partial charge is 0.257 e. The zero-order valence-electron chi connectivity index (χ0n) is 15.9. The first-order valence-corrected chi connectivity index (χ1v) is 9.73. The van der Waals surface area contributed by atoms with Crippen LogP contribution in [0.1, 0.15) is 36.7 Å². The predicted octanol–water partition coefficient (Wildman–Crippen LogP) is 3.92. The molecule has 2 aromatic carbocycles. The number of aromatic nitrogens is 2. The Morgan fingerprint density at radius 2 is 1.74 bits per heavy atom. The monoisotopic (exact) mass is 381 g/mol. The minimum Gasteiger partial charge on any atom is -0.322 e. The molecule has 0 saturated carbocycles. The minimum absolute atomic E-state index is 0.0209. The van der Waals surface area contributed by atoms with Gasteiger partial charge in [-0.25, -0.2) is 4.98 Å². The molecule has 0 radical (unpaired) electrons. The maximum atomic E-state index is 12.3. The molecule has 0 aliphatic heterocycles. The molecule has 1 aromatic heterocycles. The van der Waals surface area contributed by atoms with Gasteiger partial charge in [0.2, 0.25) is 5.91 Å². The maximum Gasteiger partial charge on any atom is 0.257 e. The van der Waals surface area contributed by atoms with Crippen LogP contribution in [0.15, 0.2) is 53.7 Å². The van der Waals surface area contributed by atoms with E-state index < -0.39 is 0 Å². The Kier molecular flexibility index (Phi) is 5.37. The summed E-state index contributed by atoms with van der Waals surface area (Å²) < 4.78 is 1.94. The molecule has 3 aromatic rings. The zero-order chi connectivity index (χ0) is 19.6. The fourth-order valence-electron chi connectivity index (χ4n) is 2.74. The number of imidazole rings is 1. The van der Waals surface area contributed by atoms with E-state index in [4.69, 9.17) is 0 Å². The van der Waals surface area contributed by atoms with Crippen molar-refractivity contribution < 1.29 is 9.59 Å². The summed E-state index contributed by atoms with van der Waals surface area (Å²) >= 11 is 1.31. The summed E-state index contributed by atoms with van der Waals surface area (Å²) in [7, 11) is 1.91. The summed E-state index contributed by atoms with van der Waals surface area (Å²) in [5.74, 6) is -0.591. The van der Waals surface area contributed by atoms with Crippen LogP contribution in [0.25, 0.3) is 11.0 Å². The molecule has 27 heavy (non-hydrogen) atoms. The predicted molar refractivity (Wildman–Crippen MR) is 109 cm³/mol. The molecule has 140 valence electrons.